The lowest BCUT2D eigenvalue weighted by Gasteiger charge is -2.38. The monoisotopic (exact) mass is 475 g/mol. The summed E-state index contributed by atoms with van der Waals surface area (Å²) in [6, 6.07) is 19.1. The molecule has 0 bridgehead atoms. The zero-order chi connectivity index (χ0) is 24.9. The minimum atomic E-state index is -0.305. The van der Waals surface area contributed by atoms with E-state index in [0.717, 1.165) is 16.9 Å². The predicted octanol–water partition coefficient (Wildman–Crippen LogP) is 5.65. The molecule has 1 unspecified atom stereocenters. The number of carbonyl (C=O) groups excluding carboxylic acids is 1. The van der Waals surface area contributed by atoms with Gasteiger partial charge in [0.15, 0.2) is 11.5 Å². The van der Waals surface area contributed by atoms with Crippen LogP contribution in [0.3, 0.4) is 0 Å². The third-order valence-electron chi connectivity index (χ3n) is 6.56. The second kappa shape index (κ2) is 10.7. The van der Waals surface area contributed by atoms with Crippen molar-refractivity contribution in [3.63, 3.8) is 0 Å². The molecule has 3 aromatic carbocycles. The number of fused-ring (bicyclic) bond motifs is 1. The van der Waals surface area contributed by atoms with Crippen LogP contribution < -0.4 is 18.9 Å². The highest BCUT2D eigenvalue weighted by Gasteiger charge is 2.34. The molecular formula is C29H33NO5. The van der Waals surface area contributed by atoms with Crippen molar-refractivity contribution in [1.82, 2.24) is 4.90 Å². The van der Waals surface area contributed by atoms with E-state index in [9.17, 15) is 4.79 Å². The summed E-state index contributed by atoms with van der Waals surface area (Å²) in [7, 11) is 4.83. The molecule has 0 N–H and O–H groups in total. The van der Waals surface area contributed by atoms with Gasteiger partial charge in [-0.1, -0.05) is 38.1 Å². The molecule has 0 radical (unpaired) electrons. The van der Waals surface area contributed by atoms with Gasteiger partial charge >= 0.3 is 0 Å². The number of ether oxygens (including phenoxy) is 4. The summed E-state index contributed by atoms with van der Waals surface area (Å²) in [5.41, 5.74) is 3.90. The maximum atomic E-state index is 13.7. The van der Waals surface area contributed by atoms with Gasteiger partial charge < -0.3 is 23.8 Å². The van der Waals surface area contributed by atoms with Crippen LogP contribution >= 0.6 is 0 Å². The normalized spacial score (nSPS) is 14.9. The lowest BCUT2D eigenvalue weighted by Crippen LogP contribution is -2.42. The van der Waals surface area contributed by atoms with Crippen LogP contribution in [0.5, 0.6) is 23.0 Å². The Morgan fingerprint density at radius 3 is 2.23 bits per heavy atom. The van der Waals surface area contributed by atoms with E-state index in [-0.39, 0.29) is 11.9 Å². The van der Waals surface area contributed by atoms with Gasteiger partial charge in [0.25, 0.3) is 5.91 Å². The maximum Gasteiger partial charge on any atom is 0.258 e. The van der Waals surface area contributed by atoms with Crippen molar-refractivity contribution in [2.45, 2.75) is 32.2 Å². The smallest absolute Gasteiger partial charge is 0.258 e. The van der Waals surface area contributed by atoms with Crippen molar-refractivity contribution in [1.29, 1.82) is 0 Å². The van der Waals surface area contributed by atoms with E-state index < -0.39 is 0 Å². The fourth-order valence-corrected chi connectivity index (χ4v) is 4.55. The molecule has 0 fully saturated rings. The molecule has 0 saturated heterocycles. The van der Waals surface area contributed by atoms with Gasteiger partial charge in [-0.15, -0.1) is 0 Å². The second-order valence-electron chi connectivity index (χ2n) is 8.91. The number of methoxy groups -OCH3 is 3. The quantitative estimate of drug-likeness (QED) is 0.421. The van der Waals surface area contributed by atoms with Gasteiger partial charge in [0.1, 0.15) is 18.1 Å². The molecule has 1 atom stereocenters. The van der Waals surface area contributed by atoms with Crippen LogP contribution in [0, 0.1) is 0 Å². The molecule has 0 aliphatic carbocycles. The SMILES string of the molecule is COc1cc2c(cc1OC)C(COc1ccc(C(C)C)cc1)N(C(=O)c1ccccc1OC)CC2. The summed E-state index contributed by atoms with van der Waals surface area (Å²) in [5.74, 6) is 2.99. The van der Waals surface area contributed by atoms with Crippen LogP contribution in [0.25, 0.3) is 0 Å². The summed E-state index contributed by atoms with van der Waals surface area (Å²) >= 11 is 0. The second-order valence-corrected chi connectivity index (χ2v) is 8.91. The van der Waals surface area contributed by atoms with Crippen LogP contribution in [0.4, 0.5) is 0 Å². The number of benzene rings is 3. The third-order valence-corrected chi connectivity index (χ3v) is 6.56. The van der Waals surface area contributed by atoms with Crippen LogP contribution in [0.2, 0.25) is 0 Å². The lowest BCUT2D eigenvalue weighted by molar-refractivity contribution is 0.0586. The highest BCUT2D eigenvalue weighted by atomic mass is 16.5. The van der Waals surface area contributed by atoms with Gasteiger partial charge in [-0.2, -0.15) is 0 Å². The Labute approximate surface area is 207 Å². The Morgan fingerprint density at radius 1 is 0.914 bits per heavy atom. The van der Waals surface area contributed by atoms with E-state index in [1.165, 1.54) is 5.56 Å². The Bertz CT molecular complexity index is 1170. The molecule has 4 rings (SSSR count). The standard InChI is InChI=1S/C29H33NO5/c1-19(2)20-10-12-22(13-11-20)35-18-25-24-17-28(34-5)27(33-4)16-21(24)14-15-30(25)29(31)23-8-6-7-9-26(23)32-3/h6-13,16-17,19,25H,14-15,18H2,1-5H3. The van der Waals surface area contributed by atoms with Crippen LogP contribution in [0.1, 0.15) is 52.9 Å². The highest BCUT2D eigenvalue weighted by Crippen LogP contribution is 2.39. The summed E-state index contributed by atoms with van der Waals surface area (Å²) in [6.07, 6.45) is 0.705. The summed E-state index contributed by atoms with van der Waals surface area (Å²) in [4.78, 5) is 15.6. The number of para-hydroxylation sites is 1. The van der Waals surface area contributed by atoms with Crippen molar-refractivity contribution in [3.8, 4) is 23.0 Å². The molecule has 0 aromatic heterocycles. The molecule has 184 valence electrons. The Balaban J connectivity index is 1.69. The average Bonchev–Trinajstić information content (AvgIpc) is 2.90. The average molecular weight is 476 g/mol. The third kappa shape index (κ3) is 5.06. The zero-order valence-corrected chi connectivity index (χ0v) is 21.0. The summed E-state index contributed by atoms with van der Waals surface area (Å²) < 4.78 is 22.8. The molecule has 6 nitrogen and oxygen atoms in total. The number of hydrogen-bond acceptors (Lipinski definition) is 5. The van der Waals surface area contributed by atoms with Crippen LogP contribution in [0.15, 0.2) is 60.7 Å². The minimum Gasteiger partial charge on any atom is -0.496 e. The molecule has 3 aromatic rings. The van der Waals surface area contributed by atoms with Crippen molar-refractivity contribution in [2.75, 3.05) is 34.5 Å². The first-order chi connectivity index (χ1) is 17.0. The van der Waals surface area contributed by atoms with E-state index in [1.807, 2.05) is 41.3 Å². The molecule has 0 spiro atoms. The van der Waals surface area contributed by atoms with E-state index in [0.29, 0.717) is 48.3 Å². The van der Waals surface area contributed by atoms with Gasteiger partial charge in [-0.3, -0.25) is 4.79 Å². The molecular weight excluding hydrogens is 442 g/mol. The Hall–Kier alpha value is -3.67. The van der Waals surface area contributed by atoms with E-state index in [4.69, 9.17) is 18.9 Å². The maximum absolute atomic E-state index is 13.7. The first kappa shape index (κ1) is 24.5. The first-order valence-electron chi connectivity index (χ1n) is 11.9. The lowest BCUT2D eigenvalue weighted by atomic mass is 9.91. The molecule has 1 aliphatic heterocycles. The predicted molar refractivity (Wildman–Crippen MR) is 136 cm³/mol. The molecule has 1 aliphatic rings. The number of rotatable bonds is 8. The molecule has 6 heteroatoms. The van der Waals surface area contributed by atoms with Crippen molar-refractivity contribution in [3.05, 3.63) is 82.9 Å². The Morgan fingerprint density at radius 2 is 1.57 bits per heavy atom. The minimum absolute atomic E-state index is 0.0911. The van der Waals surface area contributed by atoms with Crippen molar-refractivity contribution >= 4 is 5.91 Å². The van der Waals surface area contributed by atoms with Crippen molar-refractivity contribution in [2.24, 2.45) is 0 Å². The van der Waals surface area contributed by atoms with E-state index >= 15 is 0 Å². The van der Waals surface area contributed by atoms with Gasteiger partial charge in [0, 0.05) is 6.54 Å². The van der Waals surface area contributed by atoms with Gasteiger partial charge in [0.05, 0.1) is 32.9 Å². The first-order valence-corrected chi connectivity index (χ1v) is 11.9. The van der Waals surface area contributed by atoms with Gasteiger partial charge in [-0.25, -0.2) is 0 Å². The number of carbonyl (C=O) groups is 1. The number of hydrogen-bond donors (Lipinski definition) is 0. The van der Waals surface area contributed by atoms with Crippen molar-refractivity contribution < 1.29 is 23.7 Å². The van der Waals surface area contributed by atoms with E-state index in [2.05, 4.69) is 26.0 Å². The molecule has 1 amide bonds. The summed E-state index contributed by atoms with van der Waals surface area (Å²) in [5, 5.41) is 0. The fourth-order valence-electron chi connectivity index (χ4n) is 4.55. The van der Waals surface area contributed by atoms with Crippen LogP contribution in [-0.4, -0.2) is 45.3 Å². The molecule has 1 heterocycles. The fraction of sp³-hybridized carbons (Fsp3) is 0.345. The zero-order valence-electron chi connectivity index (χ0n) is 21.0. The largest absolute Gasteiger partial charge is 0.496 e. The summed E-state index contributed by atoms with van der Waals surface area (Å²) in [6.45, 7) is 5.19. The van der Waals surface area contributed by atoms with Gasteiger partial charge in [0.2, 0.25) is 0 Å². The number of nitrogens with zero attached hydrogens (tertiary/aromatic N) is 1. The molecule has 0 saturated carbocycles. The molecule has 35 heavy (non-hydrogen) atoms. The topological polar surface area (TPSA) is 57.2 Å². The highest BCUT2D eigenvalue weighted by molar-refractivity contribution is 5.97. The van der Waals surface area contributed by atoms with Gasteiger partial charge in [-0.05, 0) is 65.4 Å². The number of amides is 1. The van der Waals surface area contributed by atoms with E-state index in [1.54, 1.807) is 33.5 Å². The Kier molecular flexibility index (Phi) is 7.49. The van der Waals surface area contributed by atoms with Crippen LogP contribution in [-0.2, 0) is 6.42 Å².